The van der Waals surface area contributed by atoms with Gasteiger partial charge in [0.25, 0.3) is 5.56 Å². The van der Waals surface area contributed by atoms with Gasteiger partial charge in [-0.15, -0.1) is 11.8 Å². The molecule has 0 aliphatic carbocycles. The van der Waals surface area contributed by atoms with Crippen molar-refractivity contribution in [3.05, 3.63) is 58.3 Å². The van der Waals surface area contributed by atoms with Gasteiger partial charge >= 0.3 is 0 Å². The summed E-state index contributed by atoms with van der Waals surface area (Å²) in [5.74, 6) is 1.02. The van der Waals surface area contributed by atoms with Gasteiger partial charge in [-0.2, -0.15) is 0 Å². The molecule has 2 aromatic rings. The Bertz CT molecular complexity index is 622. The Kier molecular flexibility index (Phi) is 4.27. The maximum absolute atomic E-state index is 13.7. The summed E-state index contributed by atoms with van der Waals surface area (Å²) < 4.78 is 19.9. The van der Waals surface area contributed by atoms with Gasteiger partial charge in [0.2, 0.25) is 0 Å². The maximum atomic E-state index is 13.7. The van der Waals surface area contributed by atoms with Crippen molar-refractivity contribution >= 4 is 11.8 Å². The fourth-order valence-electron chi connectivity index (χ4n) is 1.57. The molecule has 2 rings (SSSR count). The van der Waals surface area contributed by atoms with Gasteiger partial charge < -0.3 is 9.30 Å². The number of halogens is 1. The van der Waals surface area contributed by atoms with Crippen molar-refractivity contribution < 1.29 is 9.13 Å². The molecule has 0 spiro atoms. The molecule has 0 unspecified atom stereocenters. The van der Waals surface area contributed by atoms with Gasteiger partial charge in [-0.25, -0.2) is 4.39 Å². The lowest BCUT2D eigenvalue weighted by atomic mass is 10.2. The van der Waals surface area contributed by atoms with E-state index in [4.69, 9.17) is 4.74 Å². The Labute approximate surface area is 115 Å². The topological polar surface area (TPSA) is 31.2 Å². The summed E-state index contributed by atoms with van der Waals surface area (Å²) >= 11 is 1.31. The van der Waals surface area contributed by atoms with Gasteiger partial charge in [0, 0.05) is 25.1 Å². The largest absolute Gasteiger partial charge is 0.497 e. The average molecular weight is 279 g/mol. The fourth-order valence-corrected chi connectivity index (χ4v) is 2.46. The molecule has 0 aliphatic heterocycles. The van der Waals surface area contributed by atoms with Crippen LogP contribution in [0.5, 0.6) is 5.75 Å². The first-order valence-electron chi connectivity index (χ1n) is 5.72. The summed E-state index contributed by atoms with van der Waals surface area (Å²) in [6.45, 7) is 0. The lowest BCUT2D eigenvalue weighted by Crippen LogP contribution is -2.15. The minimum absolute atomic E-state index is 0.210. The number of pyridine rings is 1. The number of aromatic nitrogens is 1. The van der Waals surface area contributed by atoms with Gasteiger partial charge in [0.1, 0.15) is 5.75 Å². The molecule has 0 radical (unpaired) electrons. The van der Waals surface area contributed by atoms with Crippen LogP contribution in [-0.4, -0.2) is 11.7 Å². The van der Waals surface area contributed by atoms with Crippen LogP contribution in [0, 0.1) is 5.82 Å². The molecule has 0 saturated carbocycles. The van der Waals surface area contributed by atoms with E-state index in [9.17, 15) is 9.18 Å². The zero-order valence-electron chi connectivity index (χ0n) is 10.7. The molecule has 19 heavy (non-hydrogen) atoms. The summed E-state index contributed by atoms with van der Waals surface area (Å²) in [6.07, 6.45) is 1.21. The van der Waals surface area contributed by atoms with Crippen molar-refractivity contribution in [1.29, 1.82) is 0 Å². The highest BCUT2D eigenvalue weighted by atomic mass is 32.2. The smallest absolute Gasteiger partial charge is 0.251 e. The molecular formula is C14H14FNO2S. The monoisotopic (exact) mass is 279 g/mol. The van der Waals surface area contributed by atoms with Crippen LogP contribution in [0.4, 0.5) is 4.39 Å². The quantitative estimate of drug-likeness (QED) is 0.806. The van der Waals surface area contributed by atoms with E-state index in [2.05, 4.69) is 0 Å². The van der Waals surface area contributed by atoms with Gasteiger partial charge in [-0.05, 0) is 17.7 Å². The fraction of sp³-hybridized carbons (Fsp3) is 0.214. The van der Waals surface area contributed by atoms with Crippen LogP contribution >= 0.6 is 11.8 Å². The molecule has 1 heterocycles. The number of benzene rings is 1. The summed E-state index contributed by atoms with van der Waals surface area (Å²) in [4.78, 5) is 11.8. The SMILES string of the molecule is COc1ccc(CSc2cc(=O)n(C)cc2F)cc1. The van der Waals surface area contributed by atoms with Crippen LogP contribution in [-0.2, 0) is 12.8 Å². The number of nitrogens with zero attached hydrogens (tertiary/aromatic N) is 1. The average Bonchev–Trinajstić information content (AvgIpc) is 2.42. The molecule has 0 saturated heterocycles. The van der Waals surface area contributed by atoms with Crippen LogP contribution in [0.2, 0.25) is 0 Å². The second kappa shape index (κ2) is 5.93. The van der Waals surface area contributed by atoms with Gasteiger partial charge in [0.15, 0.2) is 5.82 Å². The third-order valence-electron chi connectivity index (χ3n) is 2.70. The minimum atomic E-state index is -0.374. The van der Waals surface area contributed by atoms with E-state index >= 15 is 0 Å². The second-order valence-corrected chi connectivity index (χ2v) is 5.09. The van der Waals surface area contributed by atoms with Gasteiger partial charge in [-0.3, -0.25) is 4.79 Å². The zero-order chi connectivity index (χ0) is 13.8. The van der Waals surface area contributed by atoms with Gasteiger partial charge in [0.05, 0.1) is 12.0 Å². The van der Waals surface area contributed by atoms with Crippen molar-refractivity contribution in [1.82, 2.24) is 4.57 Å². The number of hydrogen-bond acceptors (Lipinski definition) is 3. The Morgan fingerprint density at radius 2 is 2.00 bits per heavy atom. The van der Waals surface area contributed by atoms with E-state index in [0.717, 1.165) is 11.3 Å². The van der Waals surface area contributed by atoms with Crippen LogP contribution in [0.3, 0.4) is 0 Å². The number of hydrogen-bond donors (Lipinski definition) is 0. The lowest BCUT2D eigenvalue weighted by Gasteiger charge is -2.06. The van der Waals surface area contributed by atoms with Crippen LogP contribution in [0.1, 0.15) is 5.56 Å². The first kappa shape index (κ1) is 13.7. The lowest BCUT2D eigenvalue weighted by molar-refractivity contribution is 0.414. The van der Waals surface area contributed by atoms with Crippen molar-refractivity contribution in [2.45, 2.75) is 10.6 Å². The van der Waals surface area contributed by atoms with E-state index in [-0.39, 0.29) is 11.4 Å². The predicted molar refractivity (Wildman–Crippen MR) is 74.2 cm³/mol. The standard InChI is InChI=1S/C14H14FNO2S/c1-16-8-12(15)13(7-14(16)17)19-9-10-3-5-11(18-2)6-4-10/h3-8H,9H2,1-2H3. The third-order valence-corrected chi connectivity index (χ3v) is 3.80. The molecule has 0 amide bonds. The van der Waals surface area contributed by atoms with Crippen molar-refractivity contribution in [2.75, 3.05) is 7.11 Å². The van der Waals surface area contributed by atoms with E-state index in [1.54, 1.807) is 7.11 Å². The second-order valence-electron chi connectivity index (χ2n) is 4.07. The molecule has 3 nitrogen and oxygen atoms in total. The van der Waals surface area contributed by atoms with Crippen molar-refractivity contribution in [3.63, 3.8) is 0 Å². The van der Waals surface area contributed by atoms with Crippen LogP contribution in [0.15, 0.2) is 46.2 Å². The molecule has 0 aliphatic rings. The van der Waals surface area contributed by atoms with E-state index in [1.807, 2.05) is 24.3 Å². The number of rotatable bonds is 4. The number of aryl methyl sites for hydroxylation is 1. The minimum Gasteiger partial charge on any atom is -0.497 e. The summed E-state index contributed by atoms with van der Waals surface area (Å²) in [6, 6.07) is 8.88. The third kappa shape index (κ3) is 3.38. The number of ether oxygens (including phenoxy) is 1. The van der Waals surface area contributed by atoms with Crippen LogP contribution in [0.25, 0.3) is 0 Å². The molecular weight excluding hydrogens is 265 g/mol. The molecule has 5 heteroatoms. The molecule has 0 fully saturated rings. The van der Waals surface area contributed by atoms with E-state index < -0.39 is 0 Å². The molecule has 0 N–H and O–H groups in total. The number of thioether (sulfide) groups is 1. The molecule has 0 bridgehead atoms. The Morgan fingerprint density at radius 1 is 1.32 bits per heavy atom. The first-order valence-corrected chi connectivity index (χ1v) is 6.70. The summed E-state index contributed by atoms with van der Waals surface area (Å²) in [7, 11) is 3.14. The summed E-state index contributed by atoms with van der Waals surface area (Å²) in [5, 5.41) is 0. The molecule has 100 valence electrons. The number of methoxy groups -OCH3 is 1. The molecule has 1 aromatic carbocycles. The predicted octanol–water partition coefficient (Wildman–Crippen LogP) is 2.83. The van der Waals surface area contributed by atoms with E-state index in [1.165, 1.54) is 35.6 Å². The Balaban J connectivity index is 2.09. The van der Waals surface area contributed by atoms with Crippen molar-refractivity contribution in [3.8, 4) is 5.75 Å². The molecule has 0 atom stereocenters. The Hall–Kier alpha value is -1.75. The zero-order valence-corrected chi connectivity index (χ0v) is 11.5. The van der Waals surface area contributed by atoms with Gasteiger partial charge in [-0.1, -0.05) is 12.1 Å². The van der Waals surface area contributed by atoms with Crippen molar-refractivity contribution in [2.24, 2.45) is 7.05 Å². The highest BCUT2D eigenvalue weighted by molar-refractivity contribution is 7.98. The van der Waals surface area contributed by atoms with E-state index in [0.29, 0.717) is 10.6 Å². The normalized spacial score (nSPS) is 10.5. The Morgan fingerprint density at radius 3 is 2.63 bits per heavy atom. The maximum Gasteiger partial charge on any atom is 0.251 e. The van der Waals surface area contributed by atoms with Crippen LogP contribution < -0.4 is 10.3 Å². The highest BCUT2D eigenvalue weighted by Gasteiger charge is 2.06. The first-order chi connectivity index (χ1) is 9.10. The summed E-state index contributed by atoms with van der Waals surface area (Å²) in [5.41, 5.74) is 0.838. The molecule has 1 aromatic heterocycles. The highest BCUT2D eigenvalue weighted by Crippen LogP contribution is 2.24.